The molecule has 1 atom stereocenters. The maximum Gasteiger partial charge on any atom is 0.106 e. The van der Waals surface area contributed by atoms with E-state index in [4.69, 9.17) is 4.42 Å². The summed E-state index contributed by atoms with van der Waals surface area (Å²) in [5, 5.41) is 14.9. The molecule has 0 saturated heterocycles. The zero-order valence-corrected chi connectivity index (χ0v) is 12.1. The molecule has 1 unspecified atom stereocenters. The quantitative estimate of drug-likeness (QED) is 0.901. The summed E-state index contributed by atoms with van der Waals surface area (Å²) in [6.45, 7) is 8.77. The second-order valence-corrected chi connectivity index (χ2v) is 4.88. The lowest BCUT2D eigenvalue weighted by Gasteiger charge is -2.10. The van der Waals surface area contributed by atoms with Crippen LogP contribution in [0.5, 0.6) is 0 Å². The molecule has 0 spiro atoms. The van der Waals surface area contributed by atoms with Gasteiger partial charge in [0.05, 0.1) is 11.8 Å². The molecule has 0 aliphatic heterocycles. The van der Waals surface area contributed by atoms with E-state index in [1.54, 1.807) is 0 Å². The Hall–Kier alpha value is -1.55. The van der Waals surface area contributed by atoms with Crippen LogP contribution in [0, 0.1) is 13.8 Å². The Bertz CT molecular complexity index is 554. The van der Waals surface area contributed by atoms with Crippen LogP contribution in [-0.2, 0) is 19.4 Å². The van der Waals surface area contributed by atoms with Gasteiger partial charge in [-0.3, -0.25) is 4.68 Å². The van der Waals surface area contributed by atoms with Crippen molar-refractivity contribution in [2.45, 2.75) is 53.2 Å². The molecule has 0 aliphatic carbocycles. The number of aliphatic hydroxyl groups excluding tert-OH is 1. The van der Waals surface area contributed by atoms with Crippen LogP contribution in [0.15, 0.2) is 16.5 Å². The van der Waals surface area contributed by atoms with E-state index in [-0.39, 0.29) is 0 Å². The van der Waals surface area contributed by atoms with Crippen LogP contribution in [0.4, 0.5) is 0 Å². The second kappa shape index (κ2) is 5.61. The van der Waals surface area contributed by atoms with Crippen molar-refractivity contribution in [3.63, 3.8) is 0 Å². The molecule has 2 aromatic rings. The molecule has 0 fully saturated rings. The monoisotopic (exact) mass is 262 g/mol. The molecule has 2 aromatic heterocycles. The van der Waals surface area contributed by atoms with Crippen LogP contribution >= 0.6 is 0 Å². The molecule has 0 amide bonds. The van der Waals surface area contributed by atoms with E-state index in [9.17, 15) is 5.11 Å². The van der Waals surface area contributed by atoms with Gasteiger partial charge in [0.25, 0.3) is 0 Å². The van der Waals surface area contributed by atoms with Gasteiger partial charge in [-0.15, -0.1) is 0 Å². The molecule has 0 aliphatic rings. The lowest BCUT2D eigenvalue weighted by molar-refractivity contribution is 0.173. The molecule has 2 heterocycles. The molecule has 1 N–H and O–H groups in total. The van der Waals surface area contributed by atoms with Gasteiger partial charge < -0.3 is 9.52 Å². The van der Waals surface area contributed by atoms with Crippen LogP contribution in [0.25, 0.3) is 0 Å². The predicted octanol–water partition coefficient (Wildman–Crippen LogP) is 2.95. The summed E-state index contributed by atoms with van der Waals surface area (Å²) in [6, 6.07) is 3.99. The summed E-state index contributed by atoms with van der Waals surface area (Å²) in [4.78, 5) is 0. The average Bonchev–Trinajstić information content (AvgIpc) is 2.92. The summed E-state index contributed by atoms with van der Waals surface area (Å²) in [5.74, 6) is 1.63. The number of nitrogens with zero attached hydrogens (tertiary/aromatic N) is 2. The normalized spacial score (nSPS) is 12.9. The van der Waals surface area contributed by atoms with Gasteiger partial charge in [0.1, 0.15) is 11.5 Å². The summed E-state index contributed by atoms with van der Waals surface area (Å²) < 4.78 is 7.44. The predicted molar refractivity (Wildman–Crippen MR) is 74.1 cm³/mol. The lowest BCUT2D eigenvalue weighted by atomic mass is 10.1. The first-order valence-electron chi connectivity index (χ1n) is 6.85. The van der Waals surface area contributed by atoms with Crippen molar-refractivity contribution in [2.75, 3.05) is 0 Å². The third kappa shape index (κ3) is 2.89. The van der Waals surface area contributed by atoms with E-state index in [2.05, 4.69) is 25.0 Å². The van der Waals surface area contributed by atoms with Gasteiger partial charge in [0.2, 0.25) is 0 Å². The van der Waals surface area contributed by atoms with Crippen LogP contribution in [0.3, 0.4) is 0 Å². The molecular formula is C15H22N2O2. The van der Waals surface area contributed by atoms with Gasteiger partial charge in [-0.05, 0) is 39.3 Å². The van der Waals surface area contributed by atoms with E-state index >= 15 is 0 Å². The van der Waals surface area contributed by atoms with Crippen molar-refractivity contribution < 1.29 is 9.52 Å². The zero-order valence-electron chi connectivity index (χ0n) is 12.1. The van der Waals surface area contributed by atoms with Crippen LogP contribution < -0.4 is 0 Å². The Kier molecular flexibility index (Phi) is 4.10. The largest absolute Gasteiger partial charge is 0.466 e. The lowest BCUT2D eigenvalue weighted by Crippen LogP contribution is -2.08. The number of furan rings is 1. The highest BCUT2D eigenvalue weighted by Crippen LogP contribution is 2.25. The molecule has 0 saturated carbocycles. The van der Waals surface area contributed by atoms with Gasteiger partial charge >= 0.3 is 0 Å². The average molecular weight is 262 g/mol. The first kappa shape index (κ1) is 13.9. The second-order valence-electron chi connectivity index (χ2n) is 4.88. The molecule has 4 heteroatoms. The first-order chi connectivity index (χ1) is 9.05. The highest BCUT2D eigenvalue weighted by Gasteiger charge is 2.17. The maximum absolute atomic E-state index is 10.4. The Morgan fingerprint density at radius 1 is 1.32 bits per heavy atom. The molecule has 0 aromatic carbocycles. The molecule has 4 nitrogen and oxygen atoms in total. The molecule has 19 heavy (non-hydrogen) atoms. The smallest absolute Gasteiger partial charge is 0.106 e. The standard InChI is InChI=1S/C15H22N2O2/c1-5-12-8-13(17(6-2)16-12)9-15(18)14-7-10(3)19-11(14)4/h7-8,15,18H,5-6,9H2,1-4H3. The van der Waals surface area contributed by atoms with Crippen LogP contribution in [-0.4, -0.2) is 14.9 Å². The minimum Gasteiger partial charge on any atom is -0.466 e. The fourth-order valence-electron chi connectivity index (χ4n) is 2.42. The number of rotatable bonds is 5. The van der Waals surface area contributed by atoms with E-state index in [1.165, 1.54) is 0 Å². The van der Waals surface area contributed by atoms with Gasteiger partial charge in [0.15, 0.2) is 0 Å². The number of aliphatic hydroxyl groups is 1. The van der Waals surface area contributed by atoms with Gasteiger partial charge in [-0.1, -0.05) is 6.92 Å². The molecule has 2 rings (SSSR count). The SMILES string of the molecule is CCc1cc(CC(O)c2cc(C)oc2C)n(CC)n1. The third-order valence-corrected chi connectivity index (χ3v) is 3.42. The fraction of sp³-hybridized carbons (Fsp3) is 0.533. The van der Waals surface area contributed by atoms with E-state index < -0.39 is 6.10 Å². The molecule has 0 bridgehead atoms. The van der Waals surface area contributed by atoms with Crippen molar-refractivity contribution in [1.82, 2.24) is 9.78 Å². The highest BCUT2D eigenvalue weighted by molar-refractivity contribution is 5.24. The van der Waals surface area contributed by atoms with Crippen molar-refractivity contribution in [2.24, 2.45) is 0 Å². The van der Waals surface area contributed by atoms with E-state index in [0.29, 0.717) is 6.42 Å². The number of hydrogen-bond acceptors (Lipinski definition) is 3. The van der Waals surface area contributed by atoms with Crippen molar-refractivity contribution in [1.29, 1.82) is 0 Å². The number of aromatic nitrogens is 2. The van der Waals surface area contributed by atoms with Gasteiger partial charge in [-0.25, -0.2) is 0 Å². The summed E-state index contributed by atoms with van der Waals surface area (Å²) in [6.07, 6.45) is 0.949. The summed E-state index contributed by atoms with van der Waals surface area (Å²) >= 11 is 0. The summed E-state index contributed by atoms with van der Waals surface area (Å²) in [7, 11) is 0. The Morgan fingerprint density at radius 2 is 2.05 bits per heavy atom. The number of aryl methyl sites for hydroxylation is 4. The van der Waals surface area contributed by atoms with Crippen molar-refractivity contribution in [3.05, 3.63) is 40.6 Å². The third-order valence-electron chi connectivity index (χ3n) is 3.42. The van der Waals surface area contributed by atoms with Gasteiger partial charge in [-0.2, -0.15) is 5.10 Å². The minimum atomic E-state index is -0.538. The van der Waals surface area contributed by atoms with Crippen LogP contribution in [0.2, 0.25) is 0 Å². The Balaban J connectivity index is 2.20. The number of hydrogen-bond donors (Lipinski definition) is 1. The first-order valence-corrected chi connectivity index (χ1v) is 6.85. The fourth-order valence-corrected chi connectivity index (χ4v) is 2.42. The summed E-state index contributed by atoms with van der Waals surface area (Å²) in [5.41, 5.74) is 3.02. The van der Waals surface area contributed by atoms with Crippen molar-refractivity contribution >= 4 is 0 Å². The molecule has 104 valence electrons. The van der Waals surface area contributed by atoms with E-state index in [0.717, 1.165) is 41.4 Å². The Labute approximate surface area is 114 Å². The van der Waals surface area contributed by atoms with Crippen molar-refractivity contribution in [3.8, 4) is 0 Å². The molecule has 0 radical (unpaired) electrons. The Morgan fingerprint density at radius 3 is 2.58 bits per heavy atom. The van der Waals surface area contributed by atoms with Gasteiger partial charge in [0, 0.05) is 24.2 Å². The maximum atomic E-state index is 10.4. The molecular weight excluding hydrogens is 240 g/mol. The topological polar surface area (TPSA) is 51.2 Å². The van der Waals surface area contributed by atoms with E-state index in [1.807, 2.05) is 24.6 Å². The minimum absolute atomic E-state index is 0.538. The van der Waals surface area contributed by atoms with Crippen LogP contribution in [0.1, 0.15) is 48.4 Å². The zero-order chi connectivity index (χ0) is 14.0. The highest BCUT2D eigenvalue weighted by atomic mass is 16.3.